The predicted molar refractivity (Wildman–Crippen MR) is 87.8 cm³/mol. The molecule has 3 atom stereocenters. The van der Waals surface area contributed by atoms with Crippen molar-refractivity contribution in [1.82, 2.24) is 15.5 Å². The van der Waals surface area contributed by atoms with Gasteiger partial charge in [0.25, 0.3) is 0 Å². The van der Waals surface area contributed by atoms with Crippen LogP contribution in [0.15, 0.2) is 0 Å². The molecule has 0 aromatic rings. The quantitative estimate of drug-likeness (QED) is 0.707. The van der Waals surface area contributed by atoms with Crippen LogP contribution in [0.3, 0.4) is 0 Å². The Labute approximate surface area is 132 Å². The monoisotopic (exact) mass is 315 g/mol. The lowest BCUT2D eigenvalue weighted by Crippen LogP contribution is -2.46. The average Bonchev–Trinajstić information content (AvgIpc) is 2.44. The van der Waals surface area contributed by atoms with Crippen LogP contribution in [0.5, 0.6) is 0 Å². The third-order valence-electron chi connectivity index (χ3n) is 3.90. The zero-order valence-electron chi connectivity index (χ0n) is 13.3. The molecule has 2 aliphatic rings. The number of amides is 1. The number of nitrogens with zero attached hydrogens (tertiary/aromatic N) is 1. The summed E-state index contributed by atoms with van der Waals surface area (Å²) in [7, 11) is 0. The fraction of sp³-hybridized carbons (Fsp3) is 0.933. The number of nitrogens with one attached hydrogen (secondary N) is 2. The minimum atomic E-state index is 0.179. The van der Waals surface area contributed by atoms with E-state index in [-0.39, 0.29) is 5.91 Å². The van der Waals surface area contributed by atoms with Crippen LogP contribution in [0.1, 0.15) is 26.7 Å². The minimum absolute atomic E-state index is 0.179. The van der Waals surface area contributed by atoms with Crippen LogP contribution in [0, 0.1) is 0 Å². The van der Waals surface area contributed by atoms with Crippen molar-refractivity contribution in [3.05, 3.63) is 0 Å². The Morgan fingerprint density at radius 2 is 2.14 bits per heavy atom. The largest absolute Gasteiger partial charge is 0.373 e. The van der Waals surface area contributed by atoms with Gasteiger partial charge in [-0.3, -0.25) is 9.69 Å². The molecular weight excluding hydrogens is 286 g/mol. The zero-order chi connectivity index (χ0) is 15.1. The average molecular weight is 315 g/mol. The van der Waals surface area contributed by atoms with Crippen molar-refractivity contribution in [1.29, 1.82) is 0 Å². The Kier molecular flexibility index (Phi) is 7.29. The lowest BCUT2D eigenvalue weighted by molar-refractivity contribution is -0.121. The summed E-state index contributed by atoms with van der Waals surface area (Å²) in [5.41, 5.74) is 0. The second-order valence-electron chi connectivity index (χ2n) is 6.15. The van der Waals surface area contributed by atoms with Crippen molar-refractivity contribution in [2.75, 3.05) is 44.2 Å². The first-order valence-electron chi connectivity index (χ1n) is 8.09. The molecule has 6 heteroatoms. The van der Waals surface area contributed by atoms with Gasteiger partial charge < -0.3 is 15.4 Å². The van der Waals surface area contributed by atoms with Crippen LogP contribution >= 0.6 is 11.8 Å². The number of rotatable bonds is 6. The van der Waals surface area contributed by atoms with Gasteiger partial charge in [0.1, 0.15) is 0 Å². The number of hydrogen-bond donors (Lipinski definition) is 2. The van der Waals surface area contributed by atoms with E-state index in [1.807, 2.05) is 11.8 Å². The summed E-state index contributed by atoms with van der Waals surface area (Å²) < 4.78 is 5.73. The molecule has 0 radical (unpaired) electrons. The molecule has 3 unspecified atom stereocenters. The van der Waals surface area contributed by atoms with Crippen molar-refractivity contribution in [3.63, 3.8) is 0 Å². The van der Waals surface area contributed by atoms with Crippen LogP contribution in [0.2, 0.25) is 0 Å². The molecule has 2 heterocycles. The summed E-state index contributed by atoms with van der Waals surface area (Å²) in [4.78, 5) is 14.3. The van der Waals surface area contributed by atoms with Gasteiger partial charge in [0.15, 0.2) is 0 Å². The molecule has 2 aliphatic heterocycles. The molecule has 2 N–H and O–H groups in total. The molecule has 1 amide bonds. The molecule has 122 valence electrons. The van der Waals surface area contributed by atoms with Crippen molar-refractivity contribution >= 4 is 17.7 Å². The Bertz CT molecular complexity index is 314. The van der Waals surface area contributed by atoms with Crippen LogP contribution in [0.25, 0.3) is 0 Å². The first-order valence-corrected chi connectivity index (χ1v) is 9.24. The van der Waals surface area contributed by atoms with Crippen LogP contribution < -0.4 is 10.6 Å². The van der Waals surface area contributed by atoms with E-state index in [1.54, 1.807) is 0 Å². The van der Waals surface area contributed by atoms with Crippen molar-refractivity contribution in [3.8, 4) is 0 Å². The number of ether oxygens (including phenoxy) is 1. The number of thioether (sulfide) groups is 1. The number of carbonyl (C=O) groups excluding carboxylic acids is 1. The zero-order valence-corrected chi connectivity index (χ0v) is 14.1. The van der Waals surface area contributed by atoms with Crippen LogP contribution in [-0.2, 0) is 9.53 Å². The highest BCUT2D eigenvalue weighted by Gasteiger charge is 2.21. The van der Waals surface area contributed by atoms with Crippen molar-refractivity contribution in [2.45, 2.75) is 44.9 Å². The maximum atomic E-state index is 11.9. The summed E-state index contributed by atoms with van der Waals surface area (Å²) >= 11 is 1.93. The normalized spacial score (nSPS) is 31.0. The van der Waals surface area contributed by atoms with E-state index in [1.165, 1.54) is 0 Å². The second-order valence-corrected chi connectivity index (χ2v) is 7.30. The number of morpholine rings is 1. The number of hydrogen-bond acceptors (Lipinski definition) is 5. The smallest absolute Gasteiger partial charge is 0.221 e. The predicted octanol–water partition coefficient (Wildman–Crippen LogP) is 0.697. The first kappa shape index (κ1) is 17.1. The summed E-state index contributed by atoms with van der Waals surface area (Å²) in [6, 6.07) is 0.352. The second kappa shape index (κ2) is 8.98. The summed E-state index contributed by atoms with van der Waals surface area (Å²) in [5.74, 6) is 2.39. The Hall–Kier alpha value is -0.300. The van der Waals surface area contributed by atoms with Crippen LogP contribution in [-0.4, -0.2) is 73.3 Å². The van der Waals surface area contributed by atoms with Crippen molar-refractivity contribution in [2.24, 2.45) is 0 Å². The molecular formula is C15H29N3O2S. The fourth-order valence-electron chi connectivity index (χ4n) is 3.04. The van der Waals surface area contributed by atoms with E-state index in [4.69, 9.17) is 4.74 Å². The van der Waals surface area contributed by atoms with E-state index in [0.29, 0.717) is 24.7 Å². The number of carbonyl (C=O) groups is 1. The maximum Gasteiger partial charge on any atom is 0.221 e. The Balaban J connectivity index is 1.53. The summed E-state index contributed by atoms with van der Waals surface area (Å²) in [6.45, 7) is 9.09. The Morgan fingerprint density at radius 1 is 1.38 bits per heavy atom. The fourth-order valence-corrected chi connectivity index (χ4v) is 3.99. The van der Waals surface area contributed by atoms with E-state index < -0.39 is 0 Å². The van der Waals surface area contributed by atoms with E-state index >= 15 is 0 Å². The summed E-state index contributed by atoms with van der Waals surface area (Å²) in [6.07, 6.45) is 2.26. The van der Waals surface area contributed by atoms with Gasteiger partial charge in [-0.05, 0) is 20.3 Å². The molecule has 0 bridgehead atoms. The molecule has 5 nitrogen and oxygen atoms in total. The van der Waals surface area contributed by atoms with Gasteiger partial charge in [0.2, 0.25) is 5.91 Å². The Morgan fingerprint density at radius 3 is 2.81 bits per heavy atom. The molecule has 2 rings (SSSR count). The topological polar surface area (TPSA) is 53.6 Å². The SMILES string of the molecule is CC1CN(CCCNC(=O)CC2CSCCN2)CC(C)O1. The minimum Gasteiger partial charge on any atom is -0.373 e. The first-order chi connectivity index (χ1) is 10.1. The van der Waals surface area contributed by atoms with Gasteiger partial charge in [0.05, 0.1) is 12.2 Å². The lowest BCUT2D eigenvalue weighted by Gasteiger charge is -2.35. The van der Waals surface area contributed by atoms with Gasteiger partial charge in [-0.25, -0.2) is 0 Å². The highest BCUT2D eigenvalue weighted by molar-refractivity contribution is 7.99. The molecule has 0 aliphatic carbocycles. The van der Waals surface area contributed by atoms with Gasteiger partial charge in [0, 0.05) is 56.7 Å². The molecule has 21 heavy (non-hydrogen) atoms. The molecule has 0 aromatic carbocycles. The third kappa shape index (κ3) is 6.55. The van der Waals surface area contributed by atoms with E-state index in [0.717, 1.165) is 50.7 Å². The van der Waals surface area contributed by atoms with Gasteiger partial charge in [-0.2, -0.15) is 11.8 Å². The lowest BCUT2D eigenvalue weighted by atomic mass is 10.2. The van der Waals surface area contributed by atoms with Gasteiger partial charge >= 0.3 is 0 Å². The van der Waals surface area contributed by atoms with Crippen molar-refractivity contribution < 1.29 is 9.53 Å². The van der Waals surface area contributed by atoms with E-state index in [9.17, 15) is 4.79 Å². The molecule has 0 aromatic heterocycles. The van der Waals surface area contributed by atoms with Gasteiger partial charge in [-0.1, -0.05) is 0 Å². The molecule has 2 fully saturated rings. The highest BCUT2D eigenvalue weighted by Crippen LogP contribution is 2.11. The van der Waals surface area contributed by atoms with E-state index in [2.05, 4.69) is 29.4 Å². The van der Waals surface area contributed by atoms with Gasteiger partial charge in [-0.15, -0.1) is 0 Å². The molecule has 2 saturated heterocycles. The maximum absolute atomic E-state index is 11.9. The molecule has 0 spiro atoms. The molecule has 0 saturated carbocycles. The third-order valence-corrected chi connectivity index (χ3v) is 5.03. The summed E-state index contributed by atoms with van der Waals surface area (Å²) in [5, 5.41) is 6.44. The van der Waals surface area contributed by atoms with Crippen LogP contribution in [0.4, 0.5) is 0 Å². The standard InChI is InChI=1S/C15H29N3O2S/c1-12-9-18(10-13(2)20-12)6-3-4-17-15(19)8-14-11-21-7-5-16-14/h12-14,16H,3-11H2,1-2H3,(H,17,19). The highest BCUT2D eigenvalue weighted by atomic mass is 32.2.